The van der Waals surface area contributed by atoms with Gasteiger partial charge in [0.1, 0.15) is 0 Å². The molecule has 0 N–H and O–H groups in total. The van der Waals surface area contributed by atoms with Gasteiger partial charge in [0, 0.05) is 22.8 Å². The first-order valence-corrected chi connectivity index (χ1v) is 12.9. The molecule has 3 heteroatoms. The maximum absolute atomic E-state index is 4.91. The van der Waals surface area contributed by atoms with E-state index in [4.69, 9.17) is 4.98 Å². The van der Waals surface area contributed by atoms with E-state index >= 15 is 0 Å². The van der Waals surface area contributed by atoms with Crippen LogP contribution >= 0.6 is 0 Å². The second kappa shape index (κ2) is 5.81. The number of pyridine rings is 1. The van der Waals surface area contributed by atoms with Gasteiger partial charge in [-0.05, 0) is 54.2 Å². The largest absolute Gasteiger partial charge is 0.365 e. The first-order chi connectivity index (χ1) is 12.9. The van der Waals surface area contributed by atoms with Crippen molar-refractivity contribution in [1.29, 1.82) is 0 Å². The summed E-state index contributed by atoms with van der Waals surface area (Å²) in [7, 11) is -1.78. The van der Waals surface area contributed by atoms with E-state index in [1.54, 1.807) is 10.9 Å². The van der Waals surface area contributed by atoms with E-state index in [-0.39, 0.29) is 0 Å². The SMILES string of the molecule is Cc1ccc2c(c1)-c1nccc3cc(CC(C)(C)C)n(c13)[Si]21CCCCC1. The number of hydrogen-bond donors (Lipinski definition) is 0. The minimum atomic E-state index is -1.78. The highest BCUT2D eigenvalue weighted by Gasteiger charge is 2.46. The van der Waals surface area contributed by atoms with Crippen molar-refractivity contribution in [2.24, 2.45) is 5.41 Å². The van der Waals surface area contributed by atoms with Crippen LogP contribution in [0.2, 0.25) is 12.1 Å². The van der Waals surface area contributed by atoms with Crippen LogP contribution < -0.4 is 5.19 Å². The molecule has 0 saturated carbocycles. The Bertz CT molecular complexity index is 1030. The molecule has 2 nitrogen and oxygen atoms in total. The zero-order chi connectivity index (χ0) is 18.8. The van der Waals surface area contributed by atoms with Crippen molar-refractivity contribution in [2.45, 2.75) is 65.5 Å². The van der Waals surface area contributed by atoms with Crippen LogP contribution in [0.3, 0.4) is 0 Å². The van der Waals surface area contributed by atoms with Gasteiger partial charge in [0.15, 0.2) is 8.24 Å². The normalized spacial score (nSPS) is 18.1. The Morgan fingerprint density at radius 1 is 1.04 bits per heavy atom. The smallest absolute Gasteiger partial charge is 0.194 e. The molecule has 1 fully saturated rings. The van der Waals surface area contributed by atoms with Crippen molar-refractivity contribution < 1.29 is 0 Å². The molecule has 0 atom stereocenters. The zero-order valence-electron chi connectivity index (χ0n) is 17.1. The Kier molecular flexibility index (Phi) is 3.71. The average molecular weight is 375 g/mol. The Morgan fingerprint density at radius 3 is 2.56 bits per heavy atom. The molecule has 1 spiro atoms. The van der Waals surface area contributed by atoms with Crippen LogP contribution in [0.15, 0.2) is 36.5 Å². The van der Waals surface area contributed by atoms with Crippen LogP contribution in [0.5, 0.6) is 0 Å². The monoisotopic (exact) mass is 374 g/mol. The van der Waals surface area contributed by atoms with Gasteiger partial charge in [-0.25, -0.2) is 0 Å². The van der Waals surface area contributed by atoms with E-state index in [2.05, 4.69) is 62.3 Å². The zero-order valence-corrected chi connectivity index (χ0v) is 18.1. The van der Waals surface area contributed by atoms with Gasteiger partial charge in [-0.2, -0.15) is 0 Å². The Balaban J connectivity index is 1.89. The highest BCUT2D eigenvalue weighted by atomic mass is 28.3. The lowest BCUT2D eigenvalue weighted by atomic mass is 9.91. The maximum Gasteiger partial charge on any atom is 0.194 e. The van der Waals surface area contributed by atoms with Crippen LogP contribution in [0.4, 0.5) is 0 Å². The molecule has 27 heavy (non-hydrogen) atoms. The van der Waals surface area contributed by atoms with Crippen LogP contribution in [-0.4, -0.2) is 17.5 Å². The molecule has 4 heterocycles. The topological polar surface area (TPSA) is 17.8 Å². The summed E-state index contributed by atoms with van der Waals surface area (Å²) in [5, 5.41) is 3.04. The number of nitrogens with zero attached hydrogens (tertiary/aromatic N) is 2. The van der Waals surface area contributed by atoms with Gasteiger partial charge in [-0.15, -0.1) is 0 Å². The number of fused-ring (bicyclic) bond motifs is 4. The van der Waals surface area contributed by atoms with Gasteiger partial charge in [-0.1, -0.05) is 57.7 Å². The van der Waals surface area contributed by atoms with Gasteiger partial charge in [0.05, 0.1) is 11.2 Å². The van der Waals surface area contributed by atoms with Crippen molar-refractivity contribution in [3.05, 3.63) is 47.8 Å². The molecule has 0 unspecified atom stereocenters. The molecular formula is C24H30N2Si. The third-order valence-electron chi connectivity index (χ3n) is 6.54. The first kappa shape index (κ1) is 17.2. The molecule has 140 valence electrons. The molecule has 5 rings (SSSR count). The summed E-state index contributed by atoms with van der Waals surface area (Å²) in [6.07, 6.45) is 7.30. The molecule has 0 amide bonds. The van der Waals surface area contributed by atoms with Crippen molar-refractivity contribution >= 4 is 24.3 Å². The third kappa shape index (κ3) is 2.55. The van der Waals surface area contributed by atoms with E-state index in [0.717, 1.165) is 6.42 Å². The van der Waals surface area contributed by atoms with Crippen LogP contribution in [0.1, 0.15) is 51.3 Å². The number of benzene rings is 1. The van der Waals surface area contributed by atoms with E-state index in [1.165, 1.54) is 59.1 Å². The first-order valence-electron chi connectivity index (χ1n) is 10.5. The summed E-state index contributed by atoms with van der Waals surface area (Å²) >= 11 is 0. The van der Waals surface area contributed by atoms with Crippen molar-refractivity contribution in [1.82, 2.24) is 9.22 Å². The fourth-order valence-corrected chi connectivity index (χ4v) is 11.2. The van der Waals surface area contributed by atoms with E-state index in [9.17, 15) is 0 Å². The van der Waals surface area contributed by atoms with Gasteiger partial charge in [0.25, 0.3) is 0 Å². The predicted molar refractivity (Wildman–Crippen MR) is 117 cm³/mol. The van der Waals surface area contributed by atoms with Gasteiger partial charge >= 0.3 is 0 Å². The fourth-order valence-electron chi connectivity index (χ4n) is 5.58. The molecule has 2 aromatic heterocycles. The summed E-state index contributed by atoms with van der Waals surface area (Å²) in [4.78, 5) is 4.91. The molecule has 0 radical (unpaired) electrons. The van der Waals surface area contributed by atoms with E-state index in [1.807, 2.05) is 6.20 Å². The average Bonchev–Trinajstić information content (AvgIpc) is 2.98. The summed E-state index contributed by atoms with van der Waals surface area (Å²) in [6.45, 7) is 9.32. The summed E-state index contributed by atoms with van der Waals surface area (Å²) in [5.74, 6) is 0. The summed E-state index contributed by atoms with van der Waals surface area (Å²) in [5.41, 5.74) is 7.27. The van der Waals surface area contributed by atoms with Gasteiger partial charge < -0.3 is 4.23 Å². The minimum Gasteiger partial charge on any atom is -0.365 e. The molecule has 0 aliphatic carbocycles. The molecule has 1 aromatic carbocycles. The van der Waals surface area contributed by atoms with Crippen LogP contribution in [0, 0.1) is 12.3 Å². The molecular weight excluding hydrogens is 344 g/mol. The number of aryl methyl sites for hydroxylation is 1. The fraction of sp³-hybridized carbons (Fsp3) is 0.458. The van der Waals surface area contributed by atoms with Crippen molar-refractivity contribution in [3.8, 4) is 11.3 Å². The second-order valence-electron chi connectivity index (χ2n) is 9.95. The Labute approximate surface area is 163 Å². The van der Waals surface area contributed by atoms with Gasteiger partial charge in [0.2, 0.25) is 0 Å². The third-order valence-corrected chi connectivity index (χ3v) is 11.7. The predicted octanol–water partition coefficient (Wildman–Crippen LogP) is 5.80. The lowest BCUT2D eigenvalue weighted by Crippen LogP contribution is -2.58. The maximum atomic E-state index is 4.91. The standard InChI is InChI=1S/C24H30N2Si/c1-17-8-9-21-20(14-17)22-23-18(10-11-25-22)15-19(16-24(2,3)4)26(23)27(21)12-6-5-7-13-27/h8-11,14-15H,5-7,12-13,16H2,1-4H3. The van der Waals surface area contributed by atoms with Gasteiger partial charge in [-0.3, -0.25) is 4.98 Å². The lowest BCUT2D eigenvalue weighted by Gasteiger charge is -2.43. The highest BCUT2D eigenvalue weighted by molar-refractivity contribution is 6.93. The number of aromatic nitrogens is 2. The molecule has 3 aromatic rings. The van der Waals surface area contributed by atoms with Crippen LogP contribution in [0.25, 0.3) is 22.2 Å². The number of hydrogen-bond acceptors (Lipinski definition) is 1. The van der Waals surface area contributed by atoms with Crippen molar-refractivity contribution in [3.63, 3.8) is 0 Å². The lowest BCUT2D eigenvalue weighted by molar-refractivity contribution is 0.405. The second-order valence-corrected chi connectivity index (χ2v) is 14.0. The molecule has 1 saturated heterocycles. The molecule has 0 bridgehead atoms. The summed E-state index contributed by atoms with van der Waals surface area (Å²) < 4.78 is 2.87. The highest BCUT2D eigenvalue weighted by Crippen LogP contribution is 2.43. The Morgan fingerprint density at radius 2 is 1.81 bits per heavy atom. The summed E-state index contributed by atoms with van der Waals surface area (Å²) in [6, 6.07) is 14.7. The van der Waals surface area contributed by atoms with Crippen molar-refractivity contribution in [2.75, 3.05) is 0 Å². The van der Waals surface area contributed by atoms with E-state index < -0.39 is 8.24 Å². The van der Waals surface area contributed by atoms with E-state index in [0.29, 0.717) is 5.41 Å². The minimum absolute atomic E-state index is 0.291. The molecule has 2 aliphatic heterocycles. The number of rotatable bonds is 1. The quantitative estimate of drug-likeness (QED) is 0.492. The Hall–Kier alpha value is -1.87. The molecule has 2 aliphatic rings. The van der Waals surface area contributed by atoms with Crippen LogP contribution in [-0.2, 0) is 6.42 Å².